The lowest BCUT2D eigenvalue weighted by atomic mass is 10.2. The first-order valence-corrected chi connectivity index (χ1v) is 10.7. The highest BCUT2D eigenvalue weighted by Gasteiger charge is 2.47. The summed E-state index contributed by atoms with van der Waals surface area (Å²) in [6.07, 6.45) is 8.57. The molecule has 4 atom stereocenters. The summed E-state index contributed by atoms with van der Waals surface area (Å²) in [6, 6.07) is 9.87. The molecule has 2 aliphatic rings. The second-order valence-corrected chi connectivity index (χ2v) is 9.40. The zero-order valence-corrected chi connectivity index (χ0v) is 15.8. The van der Waals surface area contributed by atoms with E-state index in [1.165, 1.54) is 12.7 Å². The van der Waals surface area contributed by atoms with Crippen LogP contribution >= 0.6 is 0 Å². The van der Waals surface area contributed by atoms with Crippen LogP contribution in [0.2, 0.25) is 0 Å². The molecule has 28 heavy (non-hydrogen) atoms. The van der Waals surface area contributed by atoms with Crippen LogP contribution in [0.25, 0.3) is 28.1 Å². The molecular formula is C20H18N6OS. The van der Waals surface area contributed by atoms with E-state index in [-0.39, 0.29) is 5.25 Å². The number of nitrogens with one attached hydrogen (secondary N) is 1. The van der Waals surface area contributed by atoms with Crippen LogP contribution in [0.5, 0.6) is 0 Å². The summed E-state index contributed by atoms with van der Waals surface area (Å²) >= 11 is 0. The van der Waals surface area contributed by atoms with Crippen molar-refractivity contribution < 1.29 is 4.21 Å². The maximum Gasteiger partial charge on any atom is 0.162 e. The third-order valence-electron chi connectivity index (χ3n) is 5.90. The Labute approximate surface area is 163 Å². The fourth-order valence-electron chi connectivity index (χ4n) is 4.36. The van der Waals surface area contributed by atoms with Crippen LogP contribution in [0.1, 0.15) is 19.3 Å². The van der Waals surface area contributed by atoms with Gasteiger partial charge in [-0.1, -0.05) is 12.1 Å². The first kappa shape index (κ1) is 16.1. The number of H-pyrrole nitrogens is 1. The van der Waals surface area contributed by atoms with Gasteiger partial charge in [0, 0.05) is 22.4 Å². The SMILES string of the molecule is O=S(c1cnc2c(cnn2-c2cccc(-c3ncn[nH]3)c2)c1)C1C[C@@H]2C[C@@H]2C1. The van der Waals surface area contributed by atoms with E-state index >= 15 is 0 Å². The van der Waals surface area contributed by atoms with Gasteiger partial charge < -0.3 is 0 Å². The van der Waals surface area contributed by atoms with Gasteiger partial charge in [-0.05, 0) is 49.3 Å². The van der Waals surface area contributed by atoms with Gasteiger partial charge >= 0.3 is 0 Å². The fraction of sp³-hybridized carbons (Fsp3) is 0.300. The first-order valence-electron chi connectivity index (χ1n) is 9.47. The molecule has 3 aromatic heterocycles. The number of benzene rings is 1. The lowest BCUT2D eigenvalue weighted by molar-refractivity contribution is 0.653. The smallest absolute Gasteiger partial charge is 0.162 e. The summed E-state index contributed by atoms with van der Waals surface area (Å²) in [5.41, 5.74) is 2.57. The van der Waals surface area contributed by atoms with Crippen molar-refractivity contribution in [3.63, 3.8) is 0 Å². The minimum absolute atomic E-state index is 0.289. The predicted molar refractivity (Wildman–Crippen MR) is 105 cm³/mol. The predicted octanol–water partition coefficient (Wildman–Crippen LogP) is 3.11. The summed E-state index contributed by atoms with van der Waals surface area (Å²) in [4.78, 5) is 9.62. The zero-order valence-electron chi connectivity index (χ0n) is 15.0. The minimum Gasteiger partial charge on any atom is -0.259 e. The topological polar surface area (TPSA) is 89.3 Å². The monoisotopic (exact) mass is 390 g/mol. The number of nitrogens with zero attached hydrogens (tertiary/aromatic N) is 5. The molecule has 7 nitrogen and oxygen atoms in total. The molecule has 0 aliphatic heterocycles. The molecule has 2 fully saturated rings. The number of hydrogen-bond donors (Lipinski definition) is 1. The molecule has 2 unspecified atom stereocenters. The van der Waals surface area contributed by atoms with E-state index in [2.05, 4.69) is 25.3 Å². The molecule has 1 aromatic carbocycles. The summed E-state index contributed by atoms with van der Waals surface area (Å²) < 4.78 is 14.7. The summed E-state index contributed by atoms with van der Waals surface area (Å²) in [6.45, 7) is 0. The Bertz CT molecular complexity index is 1190. The van der Waals surface area contributed by atoms with E-state index in [1.807, 2.05) is 30.3 Å². The average Bonchev–Trinajstić information content (AvgIpc) is 3.20. The lowest BCUT2D eigenvalue weighted by Gasteiger charge is -2.11. The normalized spacial score (nSPS) is 24.4. The number of rotatable bonds is 4. The quantitative estimate of drug-likeness (QED) is 0.578. The number of aromatic amines is 1. The van der Waals surface area contributed by atoms with Crippen molar-refractivity contribution in [2.75, 3.05) is 0 Å². The van der Waals surface area contributed by atoms with Crippen molar-refractivity contribution in [2.45, 2.75) is 29.4 Å². The number of hydrogen-bond acceptors (Lipinski definition) is 5. The fourth-order valence-corrected chi connectivity index (χ4v) is 5.98. The molecule has 3 heterocycles. The molecule has 6 rings (SSSR count). The van der Waals surface area contributed by atoms with E-state index in [0.717, 1.165) is 51.9 Å². The summed E-state index contributed by atoms with van der Waals surface area (Å²) in [5, 5.41) is 12.5. The zero-order chi connectivity index (χ0) is 18.7. The standard InChI is InChI=1S/C20H18N6OS/c27-28(17-6-13-4-14(13)7-17)18-8-15-9-24-26(20(15)21-10-18)16-3-1-2-12(5-16)19-22-11-23-25-19/h1-3,5,8-11,13-14,17H,4,6-7H2,(H,22,23,25)/t13-,14+,17?,28?. The van der Waals surface area contributed by atoms with Crippen LogP contribution in [0.15, 0.2) is 53.9 Å². The largest absolute Gasteiger partial charge is 0.259 e. The minimum atomic E-state index is -0.983. The molecule has 0 radical (unpaired) electrons. The van der Waals surface area contributed by atoms with E-state index < -0.39 is 10.8 Å². The van der Waals surface area contributed by atoms with Gasteiger partial charge in [0.1, 0.15) is 6.33 Å². The molecule has 1 N–H and O–H groups in total. The maximum atomic E-state index is 12.9. The van der Waals surface area contributed by atoms with Gasteiger partial charge in [-0.25, -0.2) is 14.6 Å². The van der Waals surface area contributed by atoms with Gasteiger partial charge in [-0.2, -0.15) is 10.2 Å². The molecule has 0 saturated heterocycles. The van der Waals surface area contributed by atoms with E-state index in [1.54, 1.807) is 17.1 Å². The Morgan fingerprint density at radius 3 is 2.79 bits per heavy atom. The van der Waals surface area contributed by atoms with Gasteiger partial charge in [0.15, 0.2) is 11.5 Å². The van der Waals surface area contributed by atoms with E-state index in [4.69, 9.17) is 0 Å². The molecule has 140 valence electrons. The Hall–Kier alpha value is -2.87. The number of aromatic nitrogens is 6. The van der Waals surface area contributed by atoms with Crippen molar-refractivity contribution in [1.82, 2.24) is 29.9 Å². The molecule has 2 saturated carbocycles. The van der Waals surface area contributed by atoms with Crippen molar-refractivity contribution in [3.8, 4) is 17.1 Å². The number of fused-ring (bicyclic) bond motifs is 2. The molecule has 0 bridgehead atoms. The molecular weight excluding hydrogens is 372 g/mol. The van der Waals surface area contributed by atoms with E-state index in [9.17, 15) is 4.21 Å². The van der Waals surface area contributed by atoms with Crippen molar-refractivity contribution in [1.29, 1.82) is 0 Å². The Morgan fingerprint density at radius 1 is 1.07 bits per heavy atom. The van der Waals surface area contributed by atoms with Gasteiger partial charge in [0.2, 0.25) is 0 Å². The Kier molecular flexibility index (Phi) is 3.49. The lowest BCUT2D eigenvalue weighted by Crippen LogP contribution is -2.13. The average molecular weight is 390 g/mol. The third kappa shape index (κ3) is 2.59. The van der Waals surface area contributed by atoms with Gasteiger partial charge in [0.25, 0.3) is 0 Å². The maximum absolute atomic E-state index is 12.9. The molecule has 0 amide bonds. The second kappa shape index (κ2) is 6.07. The van der Waals surface area contributed by atoms with Crippen LogP contribution in [0.3, 0.4) is 0 Å². The summed E-state index contributed by atoms with van der Waals surface area (Å²) in [5.74, 6) is 2.36. The molecule has 2 aliphatic carbocycles. The van der Waals surface area contributed by atoms with Crippen LogP contribution in [0, 0.1) is 11.8 Å². The van der Waals surface area contributed by atoms with Crippen LogP contribution < -0.4 is 0 Å². The highest BCUT2D eigenvalue weighted by molar-refractivity contribution is 7.85. The van der Waals surface area contributed by atoms with Crippen molar-refractivity contribution >= 4 is 21.8 Å². The van der Waals surface area contributed by atoms with E-state index in [0.29, 0.717) is 5.82 Å². The van der Waals surface area contributed by atoms with Crippen LogP contribution in [-0.2, 0) is 10.8 Å². The van der Waals surface area contributed by atoms with Crippen LogP contribution in [0.4, 0.5) is 0 Å². The molecule has 0 spiro atoms. The molecule has 8 heteroatoms. The Morgan fingerprint density at radius 2 is 1.96 bits per heavy atom. The number of pyridine rings is 1. The summed E-state index contributed by atoms with van der Waals surface area (Å²) in [7, 11) is -0.983. The van der Waals surface area contributed by atoms with Gasteiger partial charge in [-0.15, -0.1) is 0 Å². The first-order chi connectivity index (χ1) is 13.8. The van der Waals surface area contributed by atoms with Crippen molar-refractivity contribution in [2.24, 2.45) is 11.8 Å². The highest BCUT2D eigenvalue weighted by atomic mass is 32.2. The third-order valence-corrected chi connectivity index (χ3v) is 7.58. The Balaban J connectivity index is 1.34. The van der Waals surface area contributed by atoms with Gasteiger partial charge in [-0.3, -0.25) is 9.31 Å². The van der Waals surface area contributed by atoms with Gasteiger partial charge in [0.05, 0.1) is 27.6 Å². The van der Waals surface area contributed by atoms with Crippen molar-refractivity contribution in [3.05, 3.63) is 49.1 Å². The molecule has 4 aromatic rings. The van der Waals surface area contributed by atoms with Crippen LogP contribution in [-0.4, -0.2) is 39.4 Å². The highest BCUT2D eigenvalue weighted by Crippen LogP contribution is 2.53. The second-order valence-electron chi connectivity index (χ2n) is 7.67.